The lowest BCUT2D eigenvalue weighted by atomic mass is 10.2. The number of halogens is 1. The Bertz CT molecular complexity index is 405. The van der Waals surface area contributed by atoms with Crippen molar-refractivity contribution in [1.29, 1.82) is 5.26 Å². The Balaban J connectivity index is 1.81. The highest BCUT2D eigenvalue weighted by molar-refractivity contribution is 6.33. The average Bonchev–Trinajstić information content (AvgIpc) is 3.10. The molecule has 1 aromatic rings. The first-order valence-electron chi connectivity index (χ1n) is 5.73. The first-order chi connectivity index (χ1) is 7.79. The molecule has 3 heteroatoms. The third kappa shape index (κ3) is 3.15. The Hall–Kier alpha value is -1.20. The van der Waals surface area contributed by atoms with Crippen LogP contribution in [-0.2, 0) is 0 Å². The van der Waals surface area contributed by atoms with Gasteiger partial charge in [-0.15, -0.1) is 0 Å². The lowest BCUT2D eigenvalue weighted by Gasteiger charge is -2.08. The van der Waals surface area contributed by atoms with E-state index in [0.29, 0.717) is 10.6 Å². The number of hydrogen-bond acceptors (Lipinski definition) is 2. The molecule has 0 unspecified atom stereocenters. The fourth-order valence-corrected chi connectivity index (χ4v) is 2.00. The van der Waals surface area contributed by atoms with Crippen molar-refractivity contribution >= 4 is 17.3 Å². The van der Waals surface area contributed by atoms with E-state index >= 15 is 0 Å². The van der Waals surface area contributed by atoms with Crippen LogP contribution in [0.25, 0.3) is 0 Å². The van der Waals surface area contributed by atoms with Crippen molar-refractivity contribution in [3.63, 3.8) is 0 Å². The van der Waals surface area contributed by atoms with E-state index in [4.69, 9.17) is 16.9 Å². The van der Waals surface area contributed by atoms with Crippen LogP contribution in [-0.4, -0.2) is 6.54 Å². The van der Waals surface area contributed by atoms with Crippen LogP contribution < -0.4 is 5.32 Å². The molecule has 1 aromatic carbocycles. The summed E-state index contributed by atoms with van der Waals surface area (Å²) in [7, 11) is 0. The molecular formula is C13H15ClN2. The summed E-state index contributed by atoms with van der Waals surface area (Å²) in [5.74, 6) is 0.984. The summed E-state index contributed by atoms with van der Waals surface area (Å²) < 4.78 is 0. The number of nitrogens with one attached hydrogen (secondary N) is 1. The van der Waals surface area contributed by atoms with Crippen LogP contribution in [0.15, 0.2) is 18.2 Å². The van der Waals surface area contributed by atoms with Gasteiger partial charge in [-0.1, -0.05) is 24.4 Å². The van der Waals surface area contributed by atoms with Crippen molar-refractivity contribution in [2.75, 3.05) is 11.9 Å². The van der Waals surface area contributed by atoms with E-state index < -0.39 is 0 Å². The largest absolute Gasteiger partial charge is 0.384 e. The predicted molar refractivity (Wildman–Crippen MR) is 66.6 cm³/mol. The molecule has 2 nitrogen and oxygen atoms in total. The Kier molecular flexibility index (Phi) is 3.69. The molecule has 0 radical (unpaired) electrons. The van der Waals surface area contributed by atoms with Crippen LogP contribution >= 0.6 is 11.6 Å². The van der Waals surface area contributed by atoms with Gasteiger partial charge < -0.3 is 5.32 Å². The van der Waals surface area contributed by atoms with Gasteiger partial charge in [0.2, 0.25) is 0 Å². The lowest BCUT2D eigenvalue weighted by Crippen LogP contribution is -2.02. The van der Waals surface area contributed by atoms with Gasteiger partial charge in [-0.05, 0) is 37.0 Å². The highest BCUT2D eigenvalue weighted by Gasteiger charge is 2.19. The van der Waals surface area contributed by atoms with Gasteiger partial charge in [0.05, 0.1) is 22.3 Å². The Morgan fingerprint density at radius 3 is 2.88 bits per heavy atom. The molecule has 2 rings (SSSR count). The van der Waals surface area contributed by atoms with Crippen molar-refractivity contribution in [2.24, 2.45) is 5.92 Å². The van der Waals surface area contributed by atoms with Gasteiger partial charge in [0.1, 0.15) is 0 Å². The number of rotatable bonds is 5. The number of nitriles is 1. The molecule has 1 aliphatic rings. The summed E-state index contributed by atoms with van der Waals surface area (Å²) >= 11 is 6.05. The molecule has 0 atom stereocenters. The van der Waals surface area contributed by atoms with Crippen LogP contribution in [0.3, 0.4) is 0 Å². The highest BCUT2D eigenvalue weighted by Crippen LogP contribution is 2.33. The molecule has 1 aliphatic carbocycles. The van der Waals surface area contributed by atoms with Gasteiger partial charge in [-0.2, -0.15) is 5.26 Å². The zero-order chi connectivity index (χ0) is 11.4. The zero-order valence-electron chi connectivity index (χ0n) is 9.17. The van der Waals surface area contributed by atoms with Crippen molar-refractivity contribution in [3.05, 3.63) is 28.8 Å². The minimum atomic E-state index is 0.605. The standard InChI is InChI=1S/C13H15ClN2/c14-12-8-11(9-15)5-6-13(12)16-7-1-2-10-3-4-10/h5-6,8,10,16H,1-4,7H2. The summed E-state index contributed by atoms with van der Waals surface area (Å²) in [5.41, 5.74) is 1.53. The predicted octanol–water partition coefficient (Wildman–Crippen LogP) is 3.81. The number of hydrogen-bond donors (Lipinski definition) is 1. The van der Waals surface area contributed by atoms with Crippen LogP contribution in [0.1, 0.15) is 31.2 Å². The SMILES string of the molecule is N#Cc1ccc(NCCCC2CC2)c(Cl)c1. The van der Waals surface area contributed by atoms with E-state index in [0.717, 1.165) is 18.2 Å². The molecule has 0 heterocycles. The molecule has 1 fully saturated rings. The van der Waals surface area contributed by atoms with Gasteiger partial charge in [0.25, 0.3) is 0 Å². The smallest absolute Gasteiger partial charge is 0.0992 e. The van der Waals surface area contributed by atoms with Crippen LogP contribution in [0.2, 0.25) is 5.02 Å². The fraction of sp³-hybridized carbons (Fsp3) is 0.462. The molecule has 0 amide bonds. The van der Waals surface area contributed by atoms with Crippen molar-refractivity contribution in [3.8, 4) is 6.07 Å². The molecule has 0 bridgehead atoms. The molecular weight excluding hydrogens is 220 g/mol. The molecule has 1 saturated carbocycles. The molecule has 0 saturated heterocycles. The van der Waals surface area contributed by atoms with E-state index in [1.54, 1.807) is 12.1 Å². The minimum Gasteiger partial charge on any atom is -0.384 e. The van der Waals surface area contributed by atoms with Gasteiger partial charge in [-0.3, -0.25) is 0 Å². The molecule has 0 aromatic heterocycles. The Morgan fingerprint density at radius 2 is 2.25 bits per heavy atom. The second kappa shape index (κ2) is 5.23. The summed E-state index contributed by atoms with van der Waals surface area (Å²) in [6.07, 6.45) is 5.34. The minimum absolute atomic E-state index is 0.605. The summed E-state index contributed by atoms with van der Waals surface area (Å²) in [4.78, 5) is 0. The zero-order valence-corrected chi connectivity index (χ0v) is 9.93. The average molecular weight is 235 g/mol. The number of benzene rings is 1. The second-order valence-electron chi connectivity index (χ2n) is 4.32. The summed E-state index contributed by atoms with van der Waals surface area (Å²) in [5, 5.41) is 12.6. The van der Waals surface area contributed by atoms with Crippen molar-refractivity contribution in [2.45, 2.75) is 25.7 Å². The maximum Gasteiger partial charge on any atom is 0.0992 e. The van der Waals surface area contributed by atoms with Gasteiger partial charge in [0, 0.05) is 6.54 Å². The third-order valence-electron chi connectivity index (χ3n) is 2.90. The normalized spacial score (nSPS) is 14.5. The van der Waals surface area contributed by atoms with Crippen molar-refractivity contribution < 1.29 is 0 Å². The van der Waals surface area contributed by atoms with E-state index in [-0.39, 0.29) is 0 Å². The van der Waals surface area contributed by atoms with E-state index in [2.05, 4.69) is 11.4 Å². The van der Waals surface area contributed by atoms with Crippen LogP contribution in [0.4, 0.5) is 5.69 Å². The number of anilines is 1. The maximum absolute atomic E-state index is 8.71. The van der Waals surface area contributed by atoms with Crippen molar-refractivity contribution in [1.82, 2.24) is 0 Å². The quantitative estimate of drug-likeness (QED) is 0.787. The van der Waals surface area contributed by atoms with Crippen LogP contribution in [0, 0.1) is 17.2 Å². The topological polar surface area (TPSA) is 35.8 Å². The maximum atomic E-state index is 8.71. The Morgan fingerprint density at radius 1 is 1.44 bits per heavy atom. The van der Waals surface area contributed by atoms with E-state index in [9.17, 15) is 0 Å². The first kappa shape index (κ1) is 11.3. The lowest BCUT2D eigenvalue weighted by molar-refractivity contribution is 0.687. The molecule has 84 valence electrons. The summed E-state index contributed by atoms with van der Waals surface area (Å²) in [6, 6.07) is 7.43. The summed E-state index contributed by atoms with van der Waals surface area (Å²) in [6.45, 7) is 0.960. The number of nitrogens with zero attached hydrogens (tertiary/aromatic N) is 1. The second-order valence-corrected chi connectivity index (χ2v) is 4.73. The van der Waals surface area contributed by atoms with Gasteiger partial charge >= 0.3 is 0 Å². The fourth-order valence-electron chi connectivity index (χ4n) is 1.75. The third-order valence-corrected chi connectivity index (χ3v) is 3.21. The first-order valence-corrected chi connectivity index (χ1v) is 6.11. The van der Waals surface area contributed by atoms with E-state index in [1.165, 1.54) is 25.7 Å². The van der Waals surface area contributed by atoms with E-state index in [1.807, 2.05) is 6.07 Å². The highest BCUT2D eigenvalue weighted by atomic mass is 35.5. The van der Waals surface area contributed by atoms with Crippen LogP contribution in [0.5, 0.6) is 0 Å². The van der Waals surface area contributed by atoms with Gasteiger partial charge in [-0.25, -0.2) is 0 Å². The molecule has 1 N–H and O–H groups in total. The Labute approximate surface area is 101 Å². The monoisotopic (exact) mass is 234 g/mol. The van der Waals surface area contributed by atoms with Gasteiger partial charge in [0.15, 0.2) is 0 Å². The molecule has 0 spiro atoms. The molecule has 0 aliphatic heterocycles. The molecule has 16 heavy (non-hydrogen) atoms.